The summed E-state index contributed by atoms with van der Waals surface area (Å²) in [6.45, 7) is 0. The molecule has 0 saturated heterocycles. The standard InChI is InChI=1S/C11H10N3O4P/c12-11-9(5-15)10(13-6-14-11)7-1-3-8(4-2-7)18-19(16)17/h1-6,19H,(H,16,17)(H2,12,13,14). The van der Waals surface area contributed by atoms with Crippen LogP contribution in [0.1, 0.15) is 10.4 Å². The summed E-state index contributed by atoms with van der Waals surface area (Å²) >= 11 is 0. The van der Waals surface area contributed by atoms with Crippen molar-refractivity contribution < 1.29 is 18.8 Å². The second-order valence-corrected chi connectivity index (χ2v) is 4.27. The number of aldehydes is 1. The lowest BCUT2D eigenvalue weighted by atomic mass is 10.1. The number of rotatable bonds is 4. The summed E-state index contributed by atoms with van der Waals surface area (Å²) in [7, 11) is -3.03. The summed E-state index contributed by atoms with van der Waals surface area (Å²) in [6, 6.07) is 6.21. The molecule has 2 aromatic rings. The summed E-state index contributed by atoms with van der Waals surface area (Å²) in [4.78, 5) is 27.4. The van der Waals surface area contributed by atoms with E-state index in [1.54, 1.807) is 12.1 Å². The van der Waals surface area contributed by atoms with E-state index in [1.807, 2.05) is 0 Å². The van der Waals surface area contributed by atoms with Crippen LogP contribution in [0.15, 0.2) is 30.6 Å². The van der Waals surface area contributed by atoms with Crippen LogP contribution in [0, 0.1) is 0 Å². The molecule has 1 aromatic heterocycles. The Morgan fingerprint density at radius 2 is 1.95 bits per heavy atom. The van der Waals surface area contributed by atoms with E-state index in [9.17, 15) is 9.36 Å². The summed E-state index contributed by atoms with van der Waals surface area (Å²) in [6.07, 6.45) is 1.84. The van der Waals surface area contributed by atoms with Gasteiger partial charge in [-0.05, 0) is 24.3 Å². The predicted molar refractivity (Wildman–Crippen MR) is 69.1 cm³/mol. The Hall–Kier alpha value is -2.24. The van der Waals surface area contributed by atoms with Crippen LogP contribution < -0.4 is 10.3 Å². The van der Waals surface area contributed by atoms with Crippen molar-refractivity contribution in [1.29, 1.82) is 0 Å². The fourth-order valence-electron chi connectivity index (χ4n) is 1.54. The molecule has 0 aliphatic rings. The van der Waals surface area contributed by atoms with Crippen LogP contribution in [0.2, 0.25) is 0 Å². The van der Waals surface area contributed by atoms with Gasteiger partial charge in [0.1, 0.15) is 17.9 Å². The number of nitrogen functional groups attached to an aromatic ring is 1. The highest BCUT2D eigenvalue weighted by Gasteiger charge is 2.10. The van der Waals surface area contributed by atoms with E-state index < -0.39 is 8.25 Å². The van der Waals surface area contributed by atoms with Crippen LogP contribution in [0.4, 0.5) is 5.82 Å². The van der Waals surface area contributed by atoms with E-state index in [1.165, 1.54) is 18.5 Å². The summed E-state index contributed by atoms with van der Waals surface area (Å²) in [5, 5.41) is 0. The van der Waals surface area contributed by atoms with Crippen LogP contribution >= 0.6 is 8.25 Å². The van der Waals surface area contributed by atoms with Crippen molar-refractivity contribution in [3.63, 3.8) is 0 Å². The fourth-order valence-corrected chi connectivity index (χ4v) is 1.87. The molecule has 0 aliphatic carbocycles. The molecule has 7 nitrogen and oxygen atoms in total. The molecule has 0 spiro atoms. The van der Waals surface area contributed by atoms with Gasteiger partial charge in [0.05, 0.1) is 11.3 Å². The number of hydrogen-bond acceptors (Lipinski definition) is 6. The topological polar surface area (TPSA) is 115 Å². The van der Waals surface area contributed by atoms with E-state index in [2.05, 4.69) is 14.5 Å². The number of anilines is 1. The van der Waals surface area contributed by atoms with Crippen molar-refractivity contribution in [2.24, 2.45) is 0 Å². The maximum Gasteiger partial charge on any atom is 0.365 e. The van der Waals surface area contributed by atoms with Crippen LogP contribution in [0.5, 0.6) is 5.75 Å². The van der Waals surface area contributed by atoms with Crippen LogP contribution in [0.3, 0.4) is 0 Å². The van der Waals surface area contributed by atoms with Crippen molar-refractivity contribution in [1.82, 2.24) is 9.97 Å². The van der Waals surface area contributed by atoms with E-state index in [0.29, 0.717) is 17.5 Å². The monoisotopic (exact) mass is 279 g/mol. The van der Waals surface area contributed by atoms with Crippen LogP contribution in [-0.4, -0.2) is 21.1 Å². The highest BCUT2D eigenvalue weighted by Crippen LogP contribution is 2.27. The first-order valence-electron chi connectivity index (χ1n) is 5.18. The maximum atomic E-state index is 11.0. The van der Waals surface area contributed by atoms with Gasteiger partial charge in [-0.2, -0.15) is 0 Å². The molecular formula is C11H10N3O4P. The molecule has 2 rings (SSSR count). The minimum absolute atomic E-state index is 0.0979. The smallest absolute Gasteiger partial charge is 0.365 e. The van der Waals surface area contributed by atoms with Gasteiger partial charge in [0.25, 0.3) is 0 Å². The van der Waals surface area contributed by atoms with Crippen molar-refractivity contribution in [3.05, 3.63) is 36.2 Å². The summed E-state index contributed by atoms with van der Waals surface area (Å²) in [5.74, 6) is 0.352. The molecule has 1 unspecified atom stereocenters. The van der Waals surface area contributed by atoms with Gasteiger partial charge in [-0.15, -0.1) is 0 Å². The van der Waals surface area contributed by atoms with E-state index in [4.69, 9.17) is 10.6 Å². The maximum absolute atomic E-state index is 11.0. The second kappa shape index (κ2) is 5.60. The normalized spacial score (nSPS) is 11.8. The Bertz CT molecular complexity index is 630. The van der Waals surface area contributed by atoms with Gasteiger partial charge >= 0.3 is 8.25 Å². The highest BCUT2D eigenvalue weighted by atomic mass is 31.1. The van der Waals surface area contributed by atoms with Crippen molar-refractivity contribution in [2.45, 2.75) is 0 Å². The van der Waals surface area contributed by atoms with Crippen molar-refractivity contribution in [3.8, 4) is 17.0 Å². The van der Waals surface area contributed by atoms with Gasteiger partial charge in [-0.25, -0.2) is 14.5 Å². The SMILES string of the molecule is Nc1ncnc(-c2ccc(O[PH](=O)O)cc2)c1C=O. The lowest BCUT2D eigenvalue weighted by molar-refractivity contribution is 0.112. The third-order valence-corrected chi connectivity index (χ3v) is 2.78. The quantitative estimate of drug-likeness (QED) is 0.640. The third kappa shape index (κ3) is 2.96. The van der Waals surface area contributed by atoms with Crippen LogP contribution in [-0.2, 0) is 4.57 Å². The molecular weight excluding hydrogens is 269 g/mol. The van der Waals surface area contributed by atoms with Crippen molar-refractivity contribution >= 4 is 20.4 Å². The zero-order chi connectivity index (χ0) is 13.8. The zero-order valence-corrected chi connectivity index (χ0v) is 10.6. The molecule has 0 bridgehead atoms. The minimum Gasteiger partial charge on any atom is -0.426 e. The van der Waals surface area contributed by atoms with Gasteiger partial charge in [0, 0.05) is 5.56 Å². The van der Waals surface area contributed by atoms with Gasteiger partial charge < -0.3 is 15.2 Å². The van der Waals surface area contributed by atoms with Gasteiger partial charge in [0.2, 0.25) is 0 Å². The Kier molecular flexibility index (Phi) is 3.89. The fraction of sp³-hybridized carbons (Fsp3) is 0. The number of benzene rings is 1. The molecule has 8 heteroatoms. The Labute approximate surface area is 109 Å². The molecule has 0 amide bonds. The molecule has 0 saturated carbocycles. The Morgan fingerprint density at radius 1 is 1.26 bits per heavy atom. The first-order chi connectivity index (χ1) is 9.11. The lowest BCUT2D eigenvalue weighted by Crippen LogP contribution is -2.01. The molecule has 98 valence electrons. The van der Waals surface area contributed by atoms with E-state index >= 15 is 0 Å². The summed E-state index contributed by atoms with van der Waals surface area (Å²) in [5.41, 5.74) is 6.81. The molecule has 0 aliphatic heterocycles. The molecule has 0 radical (unpaired) electrons. The van der Waals surface area contributed by atoms with Gasteiger partial charge in [-0.3, -0.25) is 4.79 Å². The number of nitrogens with two attached hydrogens (primary N) is 1. The third-order valence-electron chi connectivity index (χ3n) is 2.37. The average molecular weight is 279 g/mol. The molecule has 1 heterocycles. The highest BCUT2D eigenvalue weighted by molar-refractivity contribution is 7.32. The summed E-state index contributed by atoms with van der Waals surface area (Å²) < 4.78 is 15.2. The zero-order valence-electron chi connectivity index (χ0n) is 9.61. The molecule has 1 atom stereocenters. The Morgan fingerprint density at radius 3 is 2.53 bits per heavy atom. The first kappa shape index (κ1) is 13.2. The van der Waals surface area contributed by atoms with E-state index in [-0.39, 0.29) is 17.1 Å². The van der Waals surface area contributed by atoms with Crippen molar-refractivity contribution in [2.75, 3.05) is 5.73 Å². The van der Waals surface area contributed by atoms with Crippen LogP contribution in [0.25, 0.3) is 11.3 Å². The molecule has 0 fully saturated rings. The lowest BCUT2D eigenvalue weighted by Gasteiger charge is -2.06. The predicted octanol–water partition coefficient (Wildman–Crippen LogP) is 1.30. The number of hydrogen-bond donors (Lipinski definition) is 2. The minimum atomic E-state index is -3.03. The first-order valence-corrected chi connectivity index (χ1v) is 6.45. The number of carbonyl (C=O) groups is 1. The number of aromatic nitrogens is 2. The van der Waals surface area contributed by atoms with E-state index in [0.717, 1.165) is 0 Å². The second-order valence-electron chi connectivity index (χ2n) is 3.53. The number of carbonyl (C=O) groups excluding carboxylic acids is 1. The largest absolute Gasteiger partial charge is 0.426 e. The molecule has 19 heavy (non-hydrogen) atoms. The molecule has 3 N–H and O–H groups in total. The average Bonchev–Trinajstić information content (AvgIpc) is 2.38. The molecule has 1 aromatic carbocycles. The Balaban J connectivity index is 2.40. The van der Waals surface area contributed by atoms with Gasteiger partial charge in [-0.1, -0.05) is 0 Å². The number of nitrogens with zero attached hydrogens (tertiary/aromatic N) is 2. The van der Waals surface area contributed by atoms with Gasteiger partial charge in [0.15, 0.2) is 6.29 Å².